The second kappa shape index (κ2) is 3.75. The molecule has 2 heteroatoms. The van der Waals surface area contributed by atoms with E-state index in [1.54, 1.807) is 0 Å². The highest BCUT2D eigenvalue weighted by Gasteiger charge is 2.26. The third-order valence-corrected chi connectivity index (χ3v) is 2.42. The van der Waals surface area contributed by atoms with Gasteiger partial charge in [0.15, 0.2) is 0 Å². The highest BCUT2D eigenvalue weighted by atomic mass is 16.3. The fourth-order valence-electron chi connectivity index (χ4n) is 1.41. The number of hydrogen-bond acceptors (Lipinski definition) is 2. The van der Waals surface area contributed by atoms with Gasteiger partial charge in [0.05, 0.1) is 6.10 Å². The summed E-state index contributed by atoms with van der Waals surface area (Å²) in [6.45, 7) is 7.85. The Labute approximate surface area is 75.4 Å². The second-order valence-electron chi connectivity index (χ2n) is 5.09. The first kappa shape index (κ1) is 10.0. The van der Waals surface area contributed by atoms with Gasteiger partial charge >= 0.3 is 0 Å². The van der Waals surface area contributed by atoms with Crippen LogP contribution in [0.15, 0.2) is 0 Å². The first-order valence-electron chi connectivity index (χ1n) is 4.89. The molecule has 0 radical (unpaired) electrons. The number of nitrogens with one attached hydrogen (secondary N) is 1. The van der Waals surface area contributed by atoms with Crippen molar-refractivity contribution < 1.29 is 5.11 Å². The van der Waals surface area contributed by atoms with Crippen LogP contribution in [-0.2, 0) is 0 Å². The van der Waals surface area contributed by atoms with E-state index in [4.69, 9.17) is 5.11 Å². The molecule has 2 N–H and O–H groups in total. The molecule has 0 saturated heterocycles. The zero-order chi connectivity index (χ0) is 9.19. The molecule has 0 atom stereocenters. The van der Waals surface area contributed by atoms with Crippen molar-refractivity contribution in [2.75, 3.05) is 6.54 Å². The van der Waals surface area contributed by atoms with Crippen LogP contribution in [0, 0.1) is 5.41 Å². The molecule has 1 rings (SSSR count). The Hall–Kier alpha value is -0.0800. The molecule has 1 aliphatic carbocycles. The molecule has 0 aromatic carbocycles. The number of aliphatic hydroxyl groups is 1. The molecule has 0 aliphatic heterocycles. The lowest BCUT2D eigenvalue weighted by Crippen LogP contribution is -2.44. The van der Waals surface area contributed by atoms with Crippen LogP contribution in [0.25, 0.3) is 0 Å². The van der Waals surface area contributed by atoms with Crippen molar-refractivity contribution in [3.63, 3.8) is 0 Å². The van der Waals surface area contributed by atoms with Crippen molar-refractivity contribution in [3.05, 3.63) is 0 Å². The van der Waals surface area contributed by atoms with Gasteiger partial charge in [-0.1, -0.05) is 20.8 Å². The lowest BCUT2D eigenvalue weighted by atomic mass is 9.88. The Kier molecular flexibility index (Phi) is 3.13. The van der Waals surface area contributed by atoms with Crippen LogP contribution in [0.5, 0.6) is 0 Å². The molecule has 0 bridgehead atoms. The quantitative estimate of drug-likeness (QED) is 0.675. The topological polar surface area (TPSA) is 32.3 Å². The SMILES string of the molecule is CC(C)(C)CCNC1CC(O)C1. The maximum Gasteiger partial charge on any atom is 0.0570 e. The van der Waals surface area contributed by atoms with E-state index in [-0.39, 0.29) is 6.10 Å². The van der Waals surface area contributed by atoms with Crippen molar-refractivity contribution in [3.8, 4) is 0 Å². The van der Waals surface area contributed by atoms with Crippen molar-refractivity contribution >= 4 is 0 Å². The van der Waals surface area contributed by atoms with E-state index in [2.05, 4.69) is 26.1 Å². The zero-order valence-corrected chi connectivity index (χ0v) is 8.43. The molecule has 2 nitrogen and oxygen atoms in total. The fourth-order valence-corrected chi connectivity index (χ4v) is 1.41. The van der Waals surface area contributed by atoms with Gasteiger partial charge in [-0.05, 0) is 31.2 Å². The van der Waals surface area contributed by atoms with Gasteiger partial charge in [-0.3, -0.25) is 0 Å². The lowest BCUT2D eigenvalue weighted by molar-refractivity contribution is 0.0616. The largest absolute Gasteiger partial charge is 0.393 e. The van der Waals surface area contributed by atoms with Gasteiger partial charge in [-0.2, -0.15) is 0 Å². The Balaban J connectivity index is 1.97. The minimum absolute atomic E-state index is 0.0304. The Morgan fingerprint density at radius 3 is 2.33 bits per heavy atom. The smallest absolute Gasteiger partial charge is 0.0570 e. The monoisotopic (exact) mass is 171 g/mol. The standard InChI is InChI=1S/C10H21NO/c1-10(2,3)4-5-11-8-6-9(12)7-8/h8-9,11-12H,4-7H2,1-3H3. The van der Waals surface area contributed by atoms with E-state index in [9.17, 15) is 0 Å². The van der Waals surface area contributed by atoms with Gasteiger partial charge in [0.25, 0.3) is 0 Å². The van der Waals surface area contributed by atoms with Crippen LogP contribution in [0.1, 0.15) is 40.0 Å². The number of hydrogen-bond donors (Lipinski definition) is 2. The molecule has 1 fully saturated rings. The Bertz CT molecular complexity index is 133. The van der Waals surface area contributed by atoms with E-state index < -0.39 is 0 Å². The van der Waals surface area contributed by atoms with E-state index in [0.29, 0.717) is 11.5 Å². The maximum absolute atomic E-state index is 9.04. The van der Waals surface area contributed by atoms with E-state index in [1.807, 2.05) is 0 Å². The second-order valence-corrected chi connectivity index (χ2v) is 5.09. The summed E-state index contributed by atoms with van der Waals surface area (Å²) in [5, 5.41) is 12.5. The summed E-state index contributed by atoms with van der Waals surface area (Å²) < 4.78 is 0. The summed E-state index contributed by atoms with van der Waals surface area (Å²) in [6.07, 6.45) is 3.07. The summed E-state index contributed by atoms with van der Waals surface area (Å²) in [7, 11) is 0. The maximum atomic E-state index is 9.04. The van der Waals surface area contributed by atoms with Crippen LogP contribution in [0.2, 0.25) is 0 Å². The van der Waals surface area contributed by atoms with Crippen LogP contribution >= 0.6 is 0 Å². The van der Waals surface area contributed by atoms with E-state index in [1.165, 1.54) is 6.42 Å². The molecular formula is C10H21NO. The third-order valence-electron chi connectivity index (χ3n) is 2.42. The minimum Gasteiger partial charge on any atom is -0.393 e. The van der Waals surface area contributed by atoms with Crippen molar-refractivity contribution in [1.82, 2.24) is 5.32 Å². The molecule has 0 spiro atoms. The first-order chi connectivity index (χ1) is 5.47. The van der Waals surface area contributed by atoms with Gasteiger partial charge in [0.1, 0.15) is 0 Å². The Morgan fingerprint density at radius 2 is 1.92 bits per heavy atom. The van der Waals surface area contributed by atoms with Gasteiger partial charge in [0, 0.05) is 6.04 Å². The highest BCUT2D eigenvalue weighted by molar-refractivity contribution is 4.84. The van der Waals surface area contributed by atoms with Crippen LogP contribution in [0.4, 0.5) is 0 Å². The molecule has 1 saturated carbocycles. The molecule has 12 heavy (non-hydrogen) atoms. The zero-order valence-electron chi connectivity index (χ0n) is 8.43. The van der Waals surface area contributed by atoms with Gasteiger partial charge < -0.3 is 10.4 Å². The average Bonchev–Trinajstić information content (AvgIpc) is 1.81. The third kappa shape index (κ3) is 3.55. The van der Waals surface area contributed by atoms with E-state index >= 15 is 0 Å². The Morgan fingerprint density at radius 1 is 1.33 bits per heavy atom. The lowest BCUT2D eigenvalue weighted by Gasteiger charge is -2.33. The molecule has 0 heterocycles. The molecular weight excluding hydrogens is 150 g/mol. The van der Waals surface area contributed by atoms with E-state index in [0.717, 1.165) is 19.4 Å². The molecule has 0 aromatic rings. The summed E-state index contributed by atoms with van der Waals surface area (Å²) in [5.74, 6) is 0. The predicted octanol–water partition coefficient (Wildman–Crippen LogP) is 1.54. The fraction of sp³-hybridized carbons (Fsp3) is 1.00. The molecule has 0 amide bonds. The van der Waals surface area contributed by atoms with Gasteiger partial charge in [0.2, 0.25) is 0 Å². The normalized spacial score (nSPS) is 30.0. The minimum atomic E-state index is -0.0304. The molecule has 72 valence electrons. The highest BCUT2D eigenvalue weighted by Crippen LogP contribution is 2.21. The molecule has 0 unspecified atom stereocenters. The van der Waals surface area contributed by atoms with Gasteiger partial charge in [-0.25, -0.2) is 0 Å². The summed E-state index contributed by atoms with van der Waals surface area (Å²) >= 11 is 0. The number of rotatable bonds is 3. The van der Waals surface area contributed by atoms with Gasteiger partial charge in [-0.15, -0.1) is 0 Å². The summed E-state index contributed by atoms with van der Waals surface area (Å²) in [5.41, 5.74) is 0.426. The van der Waals surface area contributed by atoms with Crippen LogP contribution in [0.3, 0.4) is 0 Å². The predicted molar refractivity (Wildman–Crippen MR) is 51.1 cm³/mol. The molecule has 1 aliphatic rings. The average molecular weight is 171 g/mol. The molecule has 0 aromatic heterocycles. The van der Waals surface area contributed by atoms with Crippen molar-refractivity contribution in [2.45, 2.75) is 52.2 Å². The van der Waals surface area contributed by atoms with Crippen molar-refractivity contribution in [2.24, 2.45) is 5.41 Å². The van der Waals surface area contributed by atoms with Crippen molar-refractivity contribution in [1.29, 1.82) is 0 Å². The first-order valence-corrected chi connectivity index (χ1v) is 4.89. The van der Waals surface area contributed by atoms with Crippen LogP contribution < -0.4 is 5.32 Å². The number of aliphatic hydroxyl groups excluding tert-OH is 1. The summed E-state index contributed by atoms with van der Waals surface area (Å²) in [6, 6.07) is 0.586. The van der Waals surface area contributed by atoms with Crippen LogP contribution in [-0.4, -0.2) is 23.8 Å². The summed E-state index contributed by atoms with van der Waals surface area (Å²) in [4.78, 5) is 0.